The van der Waals surface area contributed by atoms with Crippen LogP contribution in [0.5, 0.6) is 0 Å². The second-order valence-electron chi connectivity index (χ2n) is 3.73. The topological polar surface area (TPSA) is 76.4 Å². The van der Waals surface area contributed by atoms with Gasteiger partial charge in [0.25, 0.3) is 0 Å². The maximum absolute atomic E-state index is 11.2. The summed E-state index contributed by atoms with van der Waals surface area (Å²) < 4.78 is 4.96. The second-order valence-corrected chi connectivity index (χ2v) is 3.73. The van der Waals surface area contributed by atoms with Crippen molar-refractivity contribution in [3.8, 4) is 0 Å². The van der Waals surface area contributed by atoms with E-state index in [-0.39, 0.29) is 5.82 Å². The quantitative estimate of drug-likeness (QED) is 0.671. The fraction of sp³-hybridized carbons (Fsp3) is 0.500. The predicted molar refractivity (Wildman–Crippen MR) is 49.3 cm³/mol. The summed E-state index contributed by atoms with van der Waals surface area (Å²) in [6.07, 6.45) is 0.723. The Morgan fingerprint density at radius 3 is 2.71 bits per heavy atom. The number of aromatic nitrogens is 2. The summed E-state index contributed by atoms with van der Waals surface area (Å²) in [5.41, 5.74) is -0.565. The van der Waals surface area contributed by atoms with Gasteiger partial charge in [-0.3, -0.25) is 5.32 Å². The monoisotopic (exact) mass is 199 g/mol. The van der Waals surface area contributed by atoms with Gasteiger partial charge in [0.15, 0.2) is 5.82 Å². The first-order valence-electron chi connectivity index (χ1n) is 4.12. The van der Waals surface area contributed by atoms with E-state index in [0.717, 1.165) is 0 Å². The molecule has 2 N–H and O–H groups in total. The Kier molecular flexibility index (Phi) is 2.64. The molecule has 6 nitrogen and oxygen atoms in total. The van der Waals surface area contributed by atoms with Crippen LogP contribution >= 0.6 is 0 Å². The molecule has 6 heteroatoms. The van der Waals surface area contributed by atoms with Crippen molar-refractivity contribution in [1.82, 2.24) is 9.94 Å². The largest absolute Gasteiger partial charge is 0.444 e. The molecule has 0 atom stereocenters. The van der Waals surface area contributed by atoms with Gasteiger partial charge in [0.1, 0.15) is 5.60 Å². The lowest BCUT2D eigenvalue weighted by atomic mass is 10.2. The van der Waals surface area contributed by atoms with E-state index in [1.54, 1.807) is 20.8 Å². The number of hydrogen-bond donors (Lipinski definition) is 2. The van der Waals surface area contributed by atoms with Crippen molar-refractivity contribution in [2.75, 3.05) is 5.32 Å². The minimum absolute atomic E-state index is 0.166. The number of anilines is 1. The highest BCUT2D eigenvalue weighted by molar-refractivity contribution is 5.83. The number of nitrogens with zero attached hydrogens (tertiary/aromatic N) is 2. The Morgan fingerprint density at radius 2 is 2.29 bits per heavy atom. The Morgan fingerprint density at radius 1 is 1.64 bits per heavy atom. The van der Waals surface area contributed by atoms with Gasteiger partial charge in [-0.15, -0.1) is 5.10 Å². The van der Waals surface area contributed by atoms with Crippen LogP contribution in [0.15, 0.2) is 12.3 Å². The Labute approximate surface area is 81.4 Å². The van der Waals surface area contributed by atoms with Crippen molar-refractivity contribution in [1.29, 1.82) is 0 Å². The van der Waals surface area contributed by atoms with Crippen molar-refractivity contribution in [2.45, 2.75) is 26.4 Å². The zero-order valence-corrected chi connectivity index (χ0v) is 8.31. The van der Waals surface area contributed by atoms with E-state index in [0.29, 0.717) is 4.85 Å². The number of ether oxygens (including phenoxy) is 1. The van der Waals surface area contributed by atoms with E-state index in [1.807, 2.05) is 0 Å². The molecule has 0 spiro atoms. The maximum atomic E-state index is 11.2. The third-order valence-electron chi connectivity index (χ3n) is 1.25. The first-order chi connectivity index (χ1) is 6.38. The van der Waals surface area contributed by atoms with E-state index >= 15 is 0 Å². The number of amides is 1. The van der Waals surface area contributed by atoms with Crippen molar-refractivity contribution < 1.29 is 14.7 Å². The van der Waals surface area contributed by atoms with Crippen LogP contribution < -0.4 is 5.32 Å². The van der Waals surface area contributed by atoms with Crippen LogP contribution in [-0.4, -0.2) is 26.8 Å². The normalized spacial score (nSPS) is 11.1. The highest BCUT2D eigenvalue weighted by Gasteiger charge is 2.17. The molecule has 1 aromatic heterocycles. The van der Waals surface area contributed by atoms with E-state index in [2.05, 4.69) is 10.4 Å². The van der Waals surface area contributed by atoms with Crippen LogP contribution in [0.2, 0.25) is 0 Å². The first-order valence-corrected chi connectivity index (χ1v) is 4.12. The average Bonchev–Trinajstić information content (AvgIpc) is 2.32. The lowest BCUT2D eigenvalue weighted by Crippen LogP contribution is -2.27. The minimum Gasteiger partial charge on any atom is -0.444 e. The van der Waals surface area contributed by atoms with Gasteiger partial charge >= 0.3 is 6.09 Å². The van der Waals surface area contributed by atoms with Gasteiger partial charge in [0.05, 0.1) is 6.20 Å². The Bertz CT molecular complexity index is 327. The highest BCUT2D eigenvalue weighted by atomic mass is 16.6. The second kappa shape index (κ2) is 3.57. The smallest absolute Gasteiger partial charge is 0.413 e. The third kappa shape index (κ3) is 2.96. The molecular weight excluding hydrogens is 186 g/mol. The molecule has 0 bridgehead atoms. The summed E-state index contributed by atoms with van der Waals surface area (Å²) in [6.45, 7) is 5.26. The van der Waals surface area contributed by atoms with E-state index in [4.69, 9.17) is 9.94 Å². The van der Waals surface area contributed by atoms with E-state index in [1.165, 1.54) is 12.3 Å². The summed E-state index contributed by atoms with van der Waals surface area (Å²) in [5, 5.41) is 14.8. The molecule has 14 heavy (non-hydrogen) atoms. The summed E-state index contributed by atoms with van der Waals surface area (Å²) in [4.78, 5) is 11.8. The van der Waals surface area contributed by atoms with Crippen LogP contribution in [0.1, 0.15) is 20.8 Å². The molecule has 0 fully saturated rings. The summed E-state index contributed by atoms with van der Waals surface area (Å²) in [6, 6.07) is 1.45. The lowest BCUT2D eigenvalue weighted by molar-refractivity contribution is 0.0626. The molecule has 0 aliphatic rings. The number of carbonyl (C=O) groups is 1. The molecular formula is C8H13N3O3. The first kappa shape index (κ1) is 10.4. The maximum Gasteiger partial charge on any atom is 0.413 e. The summed E-state index contributed by atoms with van der Waals surface area (Å²) in [5.74, 6) is 0.166. The number of carbonyl (C=O) groups excluding carboxylic acids is 1. The van der Waals surface area contributed by atoms with Crippen LogP contribution in [0.4, 0.5) is 10.6 Å². The molecule has 0 saturated heterocycles. The zero-order valence-electron chi connectivity index (χ0n) is 8.31. The van der Waals surface area contributed by atoms with Crippen molar-refractivity contribution in [2.24, 2.45) is 0 Å². The molecule has 0 unspecified atom stereocenters. The number of hydrogen-bond acceptors (Lipinski definition) is 4. The van der Waals surface area contributed by atoms with Crippen LogP contribution in [0, 0.1) is 0 Å². The molecule has 1 amide bonds. The predicted octanol–water partition coefficient (Wildman–Crippen LogP) is 1.47. The molecule has 0 aromatic carbocycles. The molecule has 1 aromatic rings. The fourth-order valence-corrected chi connectivity index (χ4v) is 0.796. The van der Waals surface area contributed by atoms with E-state index in [9.17, 15) is 4.79 Å². The lowest BCUT2D eigenvalue weighted by Gasteiger charge is -2.19. The summed E-state index contributed by atoms with van der Waals surface area (Å²) >= 11 is 0. The van der Waals surface area contributed by atoms with Gasteiger partial charge in [-0.25, -0.2) is 4.79 Å². The molecule has 1 rings (SSSR count). The van der Waals surface area contributed by atoms with Crippen LogP contribution in [0.3, 0.4) is 0 Å². The highest BCUT2D eigenvalue weighted by Crippen LogP contribution is 2.10. The minimum atomic E-state index is -0.631. The Balaban J connectivity index is 2.54. The molecule has 0 aliphatic carbocycles. The average molecular weight is 199 g/mol. The third-order valence-corrected chi connectivity index (χ3v) is 1.25. The standard InChI is InChI=1S/C8H13N3O3/c1-8(2,3)14-7(12)10-6-4-5-9-11(6)13/h4-5,13H,1-3H3,(H,10,12). The number of nitrogens with one attached hydrogen (secondary N) is 1. The molecule has 0 aliphatic heterocycles. The van der Waals surface area contributed by atoms with Crippen LogP contribution in [0.25, 0.3) is 0 Å². The zero-order chi connectivity index (χ0) is 10.8. The van der Waals surface area contributed by atoms with Gasteiger partial charge in [-0.1, -0.05) is 4.85 Å². The Hall–Kier alpha value is -1.72. The van der Waals surface area contributed by atoms with Crippen molar-refractivity contribution in [3.63, 3.8) is 0 Å². The molecule has 0 saturated carbocycles. The van der Waals surface area contributed by atoms with Crippen molar-refractivity contribution >= 4 is 11.9 Å². The van der Waals surface area contributed by atoms with E-state index < -0.39 is 11.7 Å². The van der Waals surface area contributed by atoms with Gasteiger partial charge in [0, 0.05) is 6.07 Å². The number of rotatable bonds is 1. The van der Waals surface area contributed by atoms with Gasteiger partial charge < -0.3 is 9.94 Å². The van der Waals surface area contributed by atoms with Gasteiger partial charge in [-0.2, -0.15) is 0 Å². The van der Waals surface area contributed by atoms with Crippen LogP contribution in [-0.2, 0) is 4.74 Å². The SMILES string of the molecule is CC(C)(C)OC(=O)Nc1ccnn1O. The van der Waals surface area contributed by atoms with Gasteiger partial charge in [0.2, 0.25) is 0 Å². The molecule has 0 radical (unpaired) electrons. The molecule has 78 valence electrons. The van der Waals surface area contributed by atoms with Crippen molar-refractivity contribution in [3.05, 3.63) is 12.3 Å². The molecule has 1 heterocycles. The fourth-order valence-electron chi connectivity index (χ4n) is 0.796. The van der Waals surface area contributed by atoms with Gasteiger partial charge in [-0.05, 0) is 20.8 Å². The summed E-state index contributed by atoms with van der Waals surface area (Å²) in [7, 11) is 0.